The van der Waals surface area contributed by atoms with Crippen LogP contribution < -0.4 is 0 Å². The van der Waals surface area contributed by atoms with Crippen molar-refractivity contribution in [3.8, 4) is 0 Å². The van der Waals surface area contributed by atoms with Crippen molar-refractivity contribution in [3.63, 3.8) is 0 Å². The molecule has 1 aromatic carbocycles. The fourth-order valence-corrected chi connectivity index (χ4v) is 1.06. The molecule has 1 aromatic rings. The third-order valence-electron chi connectivity index (χ3n) is 1.50. The molecule has 60 valence electrons. The molecule has 0 fully saturated rings. The third-order valence-corrected chi connectivity index (χ3v) is 2.03. The minimum absolute atomic E-state index is 0.261. The van der Waals surface area contributed by atoms with E-state index >= 15 is 0 Å². The van der Waals surface area contributed by atoms with E-state index in [0.717, 1.165) is 10.0 Å². The van der Waals surface area contributed by atoms with E-state index in [2.05, 4.69) is 20.8 Å². The van der Waals surface area contributed by atoms with Gasteiger partial charge in [0.25, 0.3) is 0 Å². The van der Waals surface area contributed by atoms with Crippen molar-refractivity contribution in [2.45, 2.75) is 13.0 Å². The van der Waals surface area contributed by atoms with Crippen LogP contribution in [-0.4, -0.2) is 5.26 Å². The molecule has 11 heavy (non-hydrogen) atoms. The fraction of sp³-hybridized carbons (Fsp3) is 0.250. The topological polar surface area (TPSA) is 29.5 Å². The van der Waals surface area contributed by atoms with Crippen molar-refractivity contribution >= 4 is 15.9 Å². The normalized spacial score (nSPS) is 13.0. The molecule has 0 saturated carbocycles. The van der Waals surface area contributed by atoms with Gasteiger partial charge in [0, 0.05) is 4.47 Å². The quantitative estimate of drug-likeness (QED) is 0.609. The Kier molecular flexibility index (Phi) is 3.05. The highest BCUT2D eigenvalue weighted by atomic mass is 79.9. The van der Waals surface area contributed by atoms with Crippen LogP contribution in [0.2, 0.25) is 0 Å². The molecule has 1 rings (SSSR count). The standard InChI is InChI=1S/C8H9BrO2/c1-6(11-10)7-2-4-8(9)5-3-7/h2-6,10H,1H3. The first kappa shape index (κ1) is 8.71. The minimum atomic E-state index is -0.261. The lowest BCUT2D eigenvalue weighted by atomic mass is 10.1. The van der Waals surface area contributed by atoms with E-state index < -0.39 is 0 Å². The lowest BCUT2D eigenvalue weighted by Gasteiger charge is -2.06. The molecule has 0 amide bonds. The predicted octanol–water partition coefficient (Wildman–Crippen LogP) is 3.00. The van der Waals surface area contributed by atoms with Gasteiger partial charge in [-0.15, -0.1) is 0 Å². The van der Waals surface area contributed by atoms with Gasteiger partial charge in [-0.3, -0.25) is 5.26 Å². The average Bonchev–Trinajstić information content (AvgIpc) is 2.05. The molecule has 1 unspecified atom stereocenters. The van der Waals surface area contributed by atoms with Gasteiger partial charge in [-0.1, -0.05) is 28.1 Å². The monoisotopic (exact) mass is 216 g/mol. The van der Waals surface area contributed by atoms with E-state index in [1.807, 2.05) is 24.3 Å². The molecule has 0 aliphatic carbocycles. The van der Waals surface area contributed by atoms with Crippen molar-refractivity contribution in [1.82, 2.24) is 0 Å². The molecule has 0 radical (unpaired) electrons. The first-order chi connectivity index (χ1) is 5.24. The van der Waals surface area contributed by atoms with Crippen LogP contribution in [0.5, 0.6) is 0 Å². The van der Waals surface area contributed by atoms with E-state index in [1.165, 1.54) is 0 Å². The minimum Gasteiger partial charge on any atom is -0.251 e. The highest BCUT2D eigenvalue weighted by Gasteiger charge is 2.03. The van der Waals surface area contributed by atoms with Gasteiger partial charge in [-0.05, 0) is 24.6 Å². The molecule has 2 nitrogen and oxygen atoms in total. The Hall–Kier alpha value is -0.380. The van der Waals surface area contributed by atoms with Gasteiger partial charge in [0.1, 0.15) is 6.10 Å². The number of hydrogen-bond donors (Lipinski definition) is 1. The second-order valence-electron chi connectivity index (χ2n) is 2.30. The van der Waals surface area contributed by atoms with Crippen molar-refractivity contribution in [2.24, 2.45) is 0 Å². The zero-order valence-electron chi connectivity index (χ0n) is 6.12. The zero-order chi connectivity index (χ0) is 8.27. The highest BCUT2D eigenvalue weighted by molar-refractivity contribution is 9.10. The number of benzene rings is 1. The molecule has 0 bridgehead atoms. The van der Waals surface area contributed by atoms with E-state index in [-0.39, 0.29) is 6.10 Å². The maximum absolute atomic E-state index is 8.35. The Morgan fingerprint density at radius 2 is 1.91 bits per heavy atom. The van der Waals surface area contributed by atoms with Crippen LogP contribution in [0.15, 0.2) is 28.7 Å². The van der Waals surface area contributed by atoms with Crippen LogP contribution in [-0.2, 0) is 4.89 Å². The lowest BCUT2D eigenvalue weighted by molar-refractivity contribution is -0.277. The van der Waals surface area contributed by atoms with Crippen molar-refractivity contribution in [3.05, 3.63) is 34.3 Å². The molecule has 1 N–H and O–H groups in total. The molecule has 0 aliphatic rings. The SMILES string of the molecule is CC(OO)c1ccc(Br)cc1. The van der Waals surface area contributed by atoms with Gasteiger partial charge in [-0.2, -0.15) is 0 Å². The Labute approximate surface area is 73.9 Å². The number of hydrogen-bond acceptors (Lipinski definition) is 2. The maximum Gasteiger partial charge on any atom is 0.115 e. The van der Waals surface area contributed by atoms with E-state index in [9.17, 15) is 0 Å². The van der Waals surface area contributed by atoms with Crippen molar-refractivity contribution in [1.29, 1.82) is 0 Å². The van der Waals surface area contributed by atoms with Crippen LogP contribution in [0.25, 0.3) is 0 Å². The van der Waals surface area contributed by atoms with Gasteiger partial charge in [-0.25, -0.2) is 4.89 Å². The molecule has 0 aromatic heterocycles. The fourth-order valence-electron chi connectivity index (χ4n) is 0.795. The third kappa shape index (κ3) is 2.29. The summed E-state index contributed by atoms with van der Waals surface area (Å²) in [5, 5.41) is 8.35. The van der Waals surface area contributed by atoms with Crippen LogP contribution in [0, 0.1) is 0 Å². The average molecular weight is 217 g/mol. The van der Waals surface area contributed by atoms with E-state index in [0.29, 0.717) is 0 Å². The van der Waals surface area contributed by atoms with Crippen LogP contribution in [0.1, 0.15) is 18.6 Å². The Morgan fingerprint density at radius 3 is 2.36 bits per heavy atom. The number of halogens is 1. The Balaban J connectivity index is 2.81. The predicted molar refractivity (Wildman–Crippen MR) is 46.3 cm³/mol. The summed E-state index contributed by atoms with van der Waals surface area (Å²) in [7, 11) is 0. The van der Waals surface area contributed by atoms with Crippen LogP contribution in [0.3, 0.4) is 0 Å². The second-order valence-corrected chi connectivity index (χ2v) is 3.21. The van der Waals surface area contributed by atoms with Gasteiger partial charge >= 0.3 is 0 Å². The summed E-state index contributed by atoms with van der Waals surface area (Å²) in [4.78, 5) is 4.16. The summed E-state index contributed by atoms with van der Waals surface area (Å²) in [6.07, 6.45) is -0.261. The molecule has 0 heterocycles. The molecule has 1 atom stereocenters. The van der Waals surface area contributed by atoms with Gasteiger partial charge in [0.15, 0.2) is 0 Å². The summed E-state index contributed by atoms with van der Waals surface area (Å²) < 4.78 is 1.02. The smallest absolute Gasteiger partial charge is 0.115 e. The molecule has 0 aliphatic heterocycles. The zero-order valence-corrected chi connectivity index (χ0v) is 7.71. The van der Waals surface area contributed by atoms with E-state index in [1.54, 1.807) is 6.92 Å². The largest absolute Gasteiger partial charge is 0.251 e. The summed E-state index contributed by atoms with van der Waals surface area (Å²) in [6, 6.07) is 7.60. The molecule has 0 spiro atoms. The Bertz CT molecular complexity index is 220. The summed E-state index contributed by atoms with van der Waals surface area (Å²) >= 11 is 3.31. The maximum atomic E-state index is 8.35. The van der Waals surface area contributed by atoms with Gasteiger partial charge in [0.2, 0.25) is 0 Å². The summed E-state index contributed by atoms with van der Waals surface area (Å²) in [6.45, 7) is 1.78. The Morgan fingerprint density at radius 1 is 1.36 bits per heavy atom. The second kappa shape index (κ2) is 3.85. The molecular weight excluding hydrogens is 208 g/mol. The molecular formula is C8H9BrO2. The number of rotatable bonds is 2. The first-order valence-corrected chi connectivity index (χ1v) is 4.09. The van der Waals surface area contributed by atoms with Gasteiger partial charge < -0.3 is 0 Å². The highest BCUT2D eigenvalue weighted by Crippen LogP contribution is 2.18. The van der Waals surface area contributed by atoms with E-state index in [4.69, 9.17) is 5.26 Å². The van der Waals surface area contributed by atoms with Crippen LogP contribution >= 0.6 is 15.9 Å². The summed E-state index contributed by atoms with van der Waals surface area (Å²) in [5.74, 6) is 0. The molecule has 3 heteroatoms. The van der Waals surface area contributed by atoms with Gasteiger partial charge in [0.05, 0.1) is 0 Å². The van der Waals surface area contributed by atoms with Crippen LogP contribution in [0.4, 0.5) is 0 Å². The summed E-state index contributed by atoms with van der Waals surface area (Å²) in [5.41, 5.74) is 0.954. The van der Waals surface area contributed by atoms with Crippen molar-refractivity contribution in [2.75, 3.05) is 0 Å². The lowest BCUT2D eigenvalue weighted by Crippen LogP contribution is -1.94. The molecule has 0 saturated heterocycles. The first-order valence-electron chi connectivity index (χ1n) is 3.29. The van der Waals surface area contributed by atoms with Crippen molar-refractivity contribution < 1.29 is 10.1 Å².